The molecule has 0 saturated heterocycles. The molecule has 0 heterocycles. The van der Waals surface area contributed by atoms with Crippen molar-refractivity contribution in [1.29, 1.82) is 0 Å². The van der Waals surface area contributed by atoms with Crippen LogP contribution < -0.4 is 10.6 Å². The molecule has 0 bridgehead atoms. The van der Waals surface area contributed by atoms with Gasteiger partial charge >= 0.3 is 12.2 Å². The van der Waals surface area contributed by atoms with Crippen molar-refractivity contribution >= 4 is 27.3 Å². The third-order valence-corrected chi connectivity index (χ3v) is 5.90. The zero-order valence-electron chi connectivity index (χ0n) is 16.1. The molecule has 1 aliphatic rings. The van der Waals surface area contributed by atoms with Crippen molar-refractivity contribution in [2.45, 2.75) is 43.2 Å². The molecule has 0 atom stereocenters. The predicted molar refractivity (Wildman–Crippen MR) is 102 cm³/mol. The van der Waals surface area contributed by atoms with Crippen molar-refractivity contribution in [1.82, 2.24) is 10.6 Å². The second-order valence-electron chi connectivity index (χ2n) is 6.99. The molecule has 0 aliphatic heterocycles. The highest BCUT2D eigenvalue weighted by atomic mass is 32.2. The van der Waals surface area contributed by atoms with Gasteiger partial charge in [0, 0.05) is 18.9 Å². The van der Waals surface area contributed by atoms with Crippen molar-refractivity contribution in [3.63, 3.8) is 0 Å². The SMILES string of the molecule is CNC(=O)NC(=O)/C(=C/C1CCCCC1)c1ccc(S(C)(=O)=O)c(C(F)(F)F)c1. The minimum Gasteiger partial charge on any atom is -0.341 e. The zero-order valence-corrected chi connectivity index (χ0v) is 16.9. The molecule has 0 radical (unpaired) electrons. The average Bonchev–Trinajstić information content (AvgIpc) is 2.64. The molecule has 2 rings (SSSR count). The molecule has 3 amide bonds. The van der Waals surface area contributed by atoms with Crippen LogP contribution in [0.5, 0.6) is 0 Å². The summed E-state index contributed by atoms with van der Waals surface area (Å²) < 4.78 is 64.0. The van der Waals surface area contributed by atoms with Gasteiger partial charge in [-0.3, -0.25) is 10.1 Å². The fourth-order valence-electron chi connectivity index (χ4n) is 3.31. The Kier molecular flexibility index (Phi) is 7.10. The minimum atomic E-state index is -4.93. The maximum Gasteiger partial charge on any atom is 0.417 e. The monoisotopic (exact) mass is 432 g/mol. The number of carbonyl (C=O) groups is 2. The Morgan fingerprint density at radius 2 is 1.76 bits per heavy atom. The van der Waals surface area contributed by atoms with Crippen molar-refractivity contribution in [2.24, 2.45) is 5.92 Å². The van der Waals surface area contributed by atoms with Gasteiger partial charge in [0.25, 0.3) is 5.91 Å². The highest BCUT2D eigenvalue weighted by Crippen LogP contribution is 2.37. The highest BCUT2D eigenvalue weighted by Gasteiger charge is 2.37. The topological polar surface area (TPSA) is 92.3 Å². The van der Waals surface area contributed by atoms with E-state index >= 15 is 0 Å². The number of halogens is 3. The number of allylic oxidation sites excluding steroid dienone is 1. The van der Waals surface area contributed by atoms with E-state index in [9.17, 15) is 31.2 Å². The van der Waals surface area contributed by atoms with Crippen molar-refractivity contribution in [3.05, 3.63) is 35.4 Å². The van der Waals surface area contributed by atoms with Gasteiger partial charge < -0.3 is 5.32 Å². The van der Waals surface area contributed by atoms with Crippen molar-refractivity contribution < 1.29 is 31.2 Å². The molecule has 1 aromatic carbocycles. The van der Waals surface area contributed by atoms with Crippen molar-refractivity contribution in [3.8, 4) is 0 Å². The largest absolute Gasteiger partial charge is 0.417 e. The lowest BCUT2D eigenvalue weighted by Crippen LogP contribution is -2.38. The molecule has 1 saturated carbocycles. The number of nitrogens with one attached hydrogen (secondary N) is 2. The number of hydrogen-bond acceptors (Lipinski definition) is 4. The molecular formula is C19H23F3N2O4S. The quantitative estimate of drug-likeness (QED) is 0.712. The van der Waals surface area contributed by atoms with E-state index in [0.717, 1.165) is 44.2 Å². The summed E-state index contributed by atoms with van der Waals surface area (Å²) in [6.45, 7) is 0. The average molecular weight is 432 g/mol. The number of urea groups is 1. The van der Waals surface area contributed by atoms with Crippen LogP contribution in [0.3, 0.4) is 0 Å². The van der Waals surface area contributed by atoms with E-state index < -0.39 is 38.4 Å². The van der Waals surface area contributed by atoms with E-state index in [1.165, 1.54) is 7.05 Å². The van der Waals surface area contributed by atoms with Crippen LogP contribution >= 0.6 is 0 Å². The summed E-state index contributed by atoms with van der Waals surface area (Å²) in [6.07, 6.45) is 1.82. The van der Waals surface area contributed by atoms with E-state index in [1.807, 2.05) is 0 Å². The zero-order chi connectivity index (χ0) is 21.8. The molecule has 1 aromatic rings. The molecular weight excluding hydrogens is 409 g/mol. The molecule has 29 heavy (non-hydrogen) atoms. The molecule has 0 spiro atoms. The highest BCUT2D eigenvalue weighted by molar-refractivity contribution is 7.90. The summed E-state index contributed by atoms with van der Waals surface area (Å²) in [6, 6.07) is 1.85. The van der Waals surface area contributed by atoms with Gasteiger partial charge in [0.05, 0.1) is 10.5 Å². The van der Waals surface area contributed by atoms with Gasteiger partial charge in [-0.2, -0.15) is 13.2 Å². The summed E-state index contributed by atoms with van der Waals surface area (Å²) in [7, 11) is -2.83. The van der Waals surface area contributed by atoms with Gasteiger partial charge in [-0.1, -0.05) is 31.4 Å². The molecule has 0 aromatic heterocycles. The van der Waals surface area contributed by atoms with Gasteiger partial charge in [-0.25, -0.2) is 13.2 Å². The Hall–Kier alpha value is -2.36. The van der Waals surface area contributed by atoms with Crippen LogP contribution in [0.15, 0.2) is 29.2 Å². The number of sulfone groups is 1. The summed E-state index contributed by atoms with van der Waals surface area (Å²) >= 11 is 0. The maximum absolute atomic E-state index is 13.5. The molecule has 0 unspecified atom stereocenters. The maximum atomic E-state index is 13.5. The second-order valence-corrected chi connectivity index (χ2v) is 8.98. The molecule has 10 heteroatoms. The first-order chi connectivity index (χ1) is 13.4. The summed E-state index contributed by atoms with van der Waals surface area (Å²) in [5.41, 5.74) is -1.54. The number of amides is 3. The van der Waals surface area contributed by atoms with Crippen LogP contribution in [-0.2, 0) is 20.8 Å². The molecule has 6 nitrogen and oxygen atoms in total. The van der Waals surface area contributed by atoms with Gasteiger partial charge in [0.15, 0.2) is 9.84 Å². The standard InChI is InChI=1S/C19H23F3N2O4S/c1-23-18(26)24-17(25)14(10-12-6-4-3-5-7-12)13-8-9-16(29(2,27)28)15(11-13)19(20,21)22/h8-12H,3-7H2,1-2H3,(H2,23,24,25,26)/b14-10+. The smallest absolute Gasteiger partial charge is 0.341 e. The lowest BCUT2D eigenvalue weighted by molar-refractivity contribution is -0.139. The number of alkyl halides is 3. The normalized spacial score (nSPS) is 16.4. The van der Waals surface area contributed by atoms with Crippen LogP contribution in [-0.4, -0.2) is 33.7 Å². The molecule has 160 valence electrons. The summed E-state index contributed by atoms with van der Waals surface area (Å²) in [5, 5.41) is 4.28. The minimum absolute atomic E-state index is 0.0156. The van der Waals surface area contributed by atoms with Crippen LogP contribution in [0, 0.1) is 5.92 Å². The van der Waals surface area contributed by atoms with Crippen LogP contribution in [0.1, 0.15) is 43.2 Å². The number of benzene rings is 1. The third kappa shape index (κ3) is 6.06. The number of carbonyl (C=O) groups excluding carboxylic acids is 2. The number of hydrogen-bond donors (Lipinski definition) is 2. The Labute approximate surface area is 167 Å². The molecule has 1 fully saturated rings. The molecule has 2 N–H and O–H groups in total. The second kappa shape index (κ2) is 8.98. The third-order valence-electron chi connectivity index (χ3n) is 4.75. The lowest BCUT2D eigenvalue weighted by atomic mass is 9.86. The van der Waals surface area contributed by atoms with Gasteiger partial charge in [-0.05, 0) is 36.5 Å². The Bertz CT molecular complexity index is 918. The predicted octanol–water partition coefficient (Wildman–Crippen LogP) is 3.53. The van der Waals surface area contributed by atoms with E-state index in [0.29, 0.717) is 12.3 Å². The molecule has 1 aliphatic carbocycles. The van der Waals surface area contributed by atoms with Gasteiger partial charge in [0.1, 0.15) is 0 Å². The summed E-state index contributed by atoms with van der Waals surface area (Å²) in [4.78, 5) is 23.3. The first kappa shape index (κ1) is 22.9. The fraction of sp³-hybridized carbons (Fsp3) is 0.474. The van der Waals surface area contributed by atoms with Gasteiger partial charge in [-0.15, -0.1) is 0 Å². The van der Waals surface area contributed by atoms with Crippen LogP contribution in [0.2, 0.25) is 0 Å². The first-order valence-corrected chi connectivity index (χ1v) is 11.0. The van der Waals surface area contributed by atoms with E-state index in [1.54, 1.807) is 6.08 Å². The van der Waals surface area contributed by atoms with E-state index in [4.69, 9.17) is 0 Å². The van der Waals surface area contributed by atoms with E-state index in [2.05, 4.69) is 10.6 Å². The Morgan fingerprint density at radius 3 is 2.28 bits per heavy atom. The van der Waals surface area contributed by atoms with Crippen LogP contribution in [0.25, 0.3) is 5.57 Å². The number of rotatable bonds is 4. The fourth-order valence-corrected chi connectivity index (χ4v) is 4.20. The first-order valence-electron chi connectivity index (χ1n) is 9.10. The lowest BCUT2D eigenvalue weighted by Gasteiger charge is -2.20. The van der Waals surface area contributed by atoms with E-state index in [-0.39, 0.29) is 17.1 Å². The van der Waals surface area contributed by atoms with Crippen molar-refractivity contribution in [2.75, 3.05) is 13.3 Å². The summed E-state index contributed by atoms with van der Waals surface area (Å²) in [5.74, 6) is -0.867. The Morgan fingerprint density at radius 1 is 1.14 bits per heavy atom. The van der Waals surface area contributed by atoms with Crippen LogP contribution in [0.4, 0.5) is 18.0 Å². The number of imide groups is 1. The van der Waals surface area contributed by atoms with Gasteiger partial charge in [0.2, 0.25) is 0 Å². The Balaban J connectivity index is 2.59.